The van der Waals surface area contributed by atoms with Crippen molar-refractivity contribution in [2.24, 2.45) is 0 Å². The molecule has 8 heteroatoms. The molecule has 0 aliphatic rings. The van der Waals surface area contributed by atoms with E-state index >= 15 is 0 Å². The quantitative estimate of drug-likeness (QED) is 0.633. The molecule has 0 saturated heterocycles. The van der Waals surface area contributed by atoms with Crippen molar-refractivity contribution in [2.75, 3.05) is 5.32 Å². The van der Waals surface area contributed by atoms with E-state index in [0.29, 0.717) is 20.7 Å². The minimum atomic E-state index is -0.194. The van der Waals surface area contributed by atoms with Gasteiger partial charge in [-0.2, -0.15) is 0 Å². The smallest absolute Gasteiger partial charge is 0.230 e. The van der Waals surface area contributed by atoms with Crippen molar-refractivity contribution in [1.29, 1.82) is 0 Å². The van der Waals surface area contributed by atoms with Gasteiger partial charge in [-0.15, -0.1) is 0 Å². The summed E-state index contributed by atoms with van der Waals surface area (Å²) >= 11 is 18.6. The Hall–Kier alpha value is -1.73. The average molecular weight is 396 g/mol. The lowest BCUT2D eigenvalue weighted by atomic mass is 10.1. The first-order chi connectivity index (χ1) is 11.5. The molecular formula is C16H11Cl2N3OS2. The molecule has 2 aromatic carbocycles. The monoisotopic (exact) mass is 395 g/mol. The van der Waals surface area contributed by atoms with Gasteiger partial charge >= 0.3 is 0 Å². The summed E-state index contributed by atoms with van der Waals surface area (Å²) in [5.74, 6) is -0.194. The highest BCUT2D eigenvalue weighted by atomic mass is 35.5. The molecule has 0 unspecified atom stereocenters. The second-order valence-corrected chi connectivity index (χ2v) is 7.12. The average Bonchev–Trinajstić information content (AvgIpc) is 2.95. The molecule has 0 radical (unpaired) electrons. The third kappa shape index (κ3) is 4.02. The van der Waals surface area contributed by atoms with E-state index < -0.39 is 0 Å². The number of amides is 1. The third-order valence-electron chi connectivity index (χ3n) is 3.13. The molecule has 0 aliphatic heterocycles. The Balaban J connectivity index is 1.64. The number of halogens is 2. The van der Waals surface area contributed by atoms with Gasteiger partial charge in [0.15, 0.2) is 10.2 Å². The molecule has 0 aliphatic carbocycles. The van der Waals surface area contributed by atoms with Gasteiger partial charge in [0, 0.05) is 0 Å². The summed E-state index contributed by atoms with van der Waals surface area (Å²) in [7, 11) is 0. The molecule has 1 heterocycles. The Morgan fingerprint density at radius 2 is 1.92 bits per heavy atom. The van der Waals surface area contributed by atoms with E-state index in [9.17, 15) is 4.79 Å². The summed E-state index contributed by atoms with van der Waals surface area (Å²) in [6, 6.07) is 13.0. The van der Waals surface area contributed by atoms with Gasteiger partial charge in [0.25, 0.3) is 0 Å². The Kier molecular flexibility index (Phi) is 5.30. The van der Waals surface area contributed by atoms with Crippen LogP contribution in [-0.2, 0) is 11.2 Å². The van der Waals surface area contributed by atoms with Crippen LogP contribution in [0.3, 0.4) is 0 Å². The fourth-order valence-electron chi connectivity index (χ4n) is 2.07. The second-order valence-electron chi connectivity index (χ2n) is 4.89. The van der Waals surface area contributed by atoms with Crippen LogP contribution in [0.4, 0.5) is 5.13 Å². The Morgan fingerprint density at radius 1 is 1.17 bits per heavy atom. The number of nitrogens with one attached hydrogen (secondary N) is 2. The first kappa shape index (κ1) is 17.1. The summed E-state index contributed by atoms with van der Waals surface area (Å²) < 4.78 is 0.880. The zero-order chi connectivity index (χ0) is 17.1. The van der Waals surface area contributed by atoms with Crippen LogP contribution in [0.5, 0.6) is 0 Å². The van der Waals surface area contributed by atoms with Crippen LogP contribution in [0.25, 0.3) is 10.2 Å². The van der Waals surface area contributed by atoms with Gasteiger partial charge in [-0.25, -0.2) is 4.98 Å². The highest BCUT2D eigenvalue weighted by molar-refractivity contribution is 7.80. The minimum absolute atomic E-state index is 0.192. The number of aromatic nitrogens is 1. The van der Waals surface area contributed by atoms with Crippen LogP contribution in [-0.4, -0.2) is 16.0 Å². The topological polar surface area (TPSA) is 54.0 Å². The Bertz CT molecular complexity index is 912. The van der Waals surface area contributed by atoms with E-state index in [1.807, 2.05) is 36.4 Å². The Labute approximate surface area is 157 Å². The summed E-state index contributed by atoms with van der Waals surface area (Å²) in [5, 5.41) is 7.11. The van der Waals surface area contributed by atoms with Crippen LogP contribution in [0.15, 0.2) is 42.5 Å². The fraction of sp³-hybridized carbons (Fsp3) is 0.0625. The number of hydrogen-bond acceptors (Lipinski definition) is 4. The van der Waals surface area contributed by atoms with Crippen molar-refractivity contribution in [3.8, 4) is 0 Å². The lowest BCUT2D eigenvalue weighted by molar-refractivity contribution is -0.119. The molecule has 0 fully saturated rings. The Morgan fingerprint density at radius 3 is 2.67 bits per heavy atom. The van der Waals surface area contributed by atoms with Gasteiger partial charge in [-0.1, -0.05) is 64.9 Å². The van der Waals surface area contributed by atoms with E-state index in [1.54, 1.807) is 6.07 Å². The molecule has 1 aromatic heterocycles. The van der Waals surface area contributed by atoms with Crippen molar-refractivity contribution >= 4 is 73.1 Å². The van der Waals surface area contributed by atoms with Gasteiger partial charge in [0.05, 0.1) is 21.2 Å². The molecule has 0 bridgehead atoms. The maximum Gasteiger partial charge on any atom is 0.230 e. The maximum absolute atomic E-state index is 12.0. The van der Waals surface area contributed by atoms with Crippen molar-refractivity contribution < 1.29 is 4.79 Å². The molecule has 24 heavy (non-hydrogen) atoms. The van der Waals surface area contributed by atoms with E-state index in [0.717, 1.165) is 10.3 Å². The van der Waals surface area contributed by atoms with E-state index in [4.69, 9.17) is 35.4 Å². The number of nitrogens with zero attached hydrogens (tertiary/aromatic N) is 1. The van der Waals surface area contributed by atoms with Crippen LogP contribution in [0.2, 0.25) is 10.0 Å². The molecule has 2 N–H and O–H groups in total. The summed E-state index contributed by atoms with van der Waals surface area (Å²) in [6.07, 6.45) is 0.254. The van der Waals surface area contributed by atoms with Crippen LogP contribution >= 0.6 is 46.8 Å². The SMILES string of the molecule is O=C(Cc1ccccc1)NC(=S)Nc1nc2c(Cl)c(Cl)ccc2s1. The number of carbonyl (C=O) groups is 1. The van der Waals surface area contributed by atoms with Crippen LogP contribution in [0, 0.1) is 0 Å². The number of thiazole rings is 1. The predicted octanol–water partition coefficient (Wildman–Crippen LogP) is 4.66. The molecule has 3 aromatic rings. The van der Waals surface area contributed by atoms with Gasteiger partial charge in [0.2, 0.25) is 5.91 Å². The zero-order valence-electron chi connectivity index (χ0n) is 12.2. The van der Waals surface area contributed by atoms with Crippen molar-refractivity contribution in [3.63, 3.8) is 0 Å². The number of rotatable bonds is 3. The van der Waals surface area contributed by atoms with Crippen LogP contribution in [0.1, 0.15) is 5.56 Å². The predicted molar refractivity (Wildman–Crippen MR) is 104 cm³/mol. The normalized spacial score (nSPS) is 10.6. The number of fused-ring (bicyclic) bond motifs is 1. The van der Waals surface area contributed by atoms with E-state index in [2.05, 4.69) is 15.6 Å². The standard InChI is InChI=1S/C16H11Cl2N3OS2/c17-10-6-7-11-14(13(10)18)20-16(24-11)21-15(23)19-12(22)8-9-4-2-1-3-5-9/h1-7H,8H2,(H2,19,20,21,22,23). The highest BCUT2D eigenvalue weighted by Crippen LogP contribution is 2.35. The molecular weight excluding hydrogens is 385 g/mol. The summed E-state index contributed by atoms with van der Waals surface area (Å²) in [4.78, 5) is 16.3. The van der Waals surface area contributed by atoms with Crippen molar-refractivity contribution in [2.45, 2.75) is 6.42 Å². The molecule has 0 saturated carbocycles. The van der Waals surface area contributed by atoms with E-state index in [-0.39, 0.29) is 17.4 Å². The molecule has 0 spiro atoms. The lowest BCUT2D eigenvalue weighted by Gasteiger charge is -2.07. The highest BCUT2D eigenvalue weighted by Gasteiger charge is 2.12. The number of hydrogen-bond donors (Lipinski definition) is 2. The lowest BCUT2D eigenvalue weighted by Crippen LogP contribution is -2.35. The molecule has 122 valence electrons. The minimum Gasteiger partial charge on any atom is -0.308 e. The second kappa shape index (κ2) is 7.44. The third-order valence-corrected chi connectivity index (χ3v) is 5.07. The van der Waals surface area contributed by atoms with Gasteiger partial charge in [-0.3, -0.25) is 4.79 Å². The molecule has 4 nitrogen and oxygen atoms in total. The number of benzene rings is 2. The number of anilines is 1. The molecule has 3 rings (SSSR count). The van der Waals surface area contributed by atoms with Crippen molar-refractivity contribution in [3.05, 3.63) is 58.1 Å². The molecule has 0 atom stereocenters. The van der Waals surface area contributed by atoms with E-state index in [1.165, 1.54) is 11.3 Å². The van der Waals surface area contributed by atoms with Gasteiger partial charge < -0.3 is 10.6 Å². The number of carbonyl (C=O) groups excluding carboxylic acids is 1. The van der Waals surface area contributed by atoms with Crippen molar-refractivity contribution in [1.82, 2.24) is 10.3 Å². The first-order valence-corrected chi connectivity index (χ1v) is 8.90. The largest absolute Gasteiger partial charge is 0.308 e. The number of thiocarbonyl (C=S) groups is 1. The maximum atomic E-state index is 12.0. The first-order valence-electron chi connectivity index (χ1n) is 6.92. The van der Waals surface area contributed by atoms with Crippen LogP contribution < -0.4 is 10.6 Å². The summed E-state index contributed by atoms with van der Waals surface area (Å²) in [5.41, 5.74) is 1.52. The summed E-state index contributed by atoms with van der Waals surface area (Å²) in [6.45, 7) is 0. The van der Waals surface area contributed by atoms with Gasteiger partial charge in [-0.05, 0) is 29.9 Å². The fourth-order valence-corrected chi connectivity index (χ4v) is 3.64. The van der Waals surface area contributed by atoms with Gasteiger partial charge in [0.1, 0.15) is 5.52 Å². The zero-order valence-corrected chi connectivity index (χ0v) is 15.3. The molecule has 1 amide bonds.